The van der Waals surface area contributed by atoms with Gasteiger partial charge in [-0.1, -0.05) is 18.2 Å². The van der Waals surface area contributed by atoms with Crippen molar-refractivity contribution in [2.75, 3.05) is 13.7 Å². The van der Waals surface area contributed by atoms with E-state index in [2.05, 4.69) is 25.6 Å². The molecule has 4 aromatic rings. The minimum absolute atomic E-state index is 0.0389. The van der Waals surface area contributed by atoms with Gasteiger partial charge in [0.25, 0.3) is 5.91 Å². The highest BCUT2D eigenvalue weighted by Gasteiger charge is 2.35. The quantitative estimate of drug-likeness (QED) is 0.300. The van der Waals surface area contributed by atoms with Gasteiger partial charge in [0.15, 0.2) is 11.4 Å². The molecule has 208 valence electrons. The smallest absolute Gasteiger partial charge is 0.253 e. The van der Waals surface area contributed by atoms with Crippen molar-refractivity contribution >= 4 is 33.8 Å². The van der Waals surface area contributed by atoms with Crippen molar-refractivity contribution in [3.63, 3.8) is 0 Å². The molecule has 1 saturated carbocycles. The molecule has 0 unspecified atom stereocenters. The van der Waals surface area contributed by atoms with E-state index in [1.54, 1.807) is 12.1 Å². The normalized spacial score (nSPS) is 15.8. The summed E-state index contributed by atoms with van der Waals surface area (Å²) in [5, 5.41) is 17.0. The molecule has 0 spiro atoms. The van der Waals surface area contributed by atoms with Crippen LogP contribution in [-0.2, 0) is 16.1 Å². The molecule has 11 nitrogen and oxygen atoms in total. The lowest BCUT2D eigenvalue weighted by Crippen LogP contribution is -2.40. The molecule has 1 aliphatic carbocycles. The molecule has 3 N–H and O–H groups in total. The summed E-state index contributed by atoms with van der Waals surface area (Å²) in [6, 6.07) is 10.3. The van der Waals surface area contributed by atoms with Crippen molar-refractivity contribution in [3.05, 3.63) is 65.8 Å². The lowest BCUT2D eigenvalue weighted by Gasteiger charge is -2.28. The van der Waals surface area contributed by atoms with Gasteiger partial charge in [-0.25, -0.2) is 8.78 Å². The number of ketones is 1. The first-order valence-electron chi connectivity index (χ1n) is 12.6. The van der Waals surface area contributed by atoms with E-state index in [9.17, 15) is 18.4 Å². The van der Waals surface area contributed by atoms with Crippen molar-refractivity contribution in [1.82, 2.24) is 30.1 Å². The first-order chi connectivity index (χ1) is 19.2. The molecule has 3 aromatic heterocycles. The number of carbonyl (C=O) groups is 2. The van der Waals surface area contributed by atoms with Gasteiger partial charge in [-0.3, -0.25) is 14.6 Å². The number of hydrogen-bond donors (Lipinski definition) is 2. The van der Waals surface area contributed by atoms with Gasteiger partial charge in [-0.15, -0.1) is 15.3 Å². The van der Waals surface area contributed by atoms with Gasteiger partial charge in [0, 0.05) is 49.0 Å². The largest absolute Gasteiger partial charge is 0.470 e. The Balaban J connectivity index is 1.32. The van der Waals surface area contributed by atoms with Crippen LogP contribution in [0.25, 0.3) is 22.1 Å². The van der Waals surface area contributed by atoms with Crippen LogP contribution in [0.1, 0.15) is 47.6 Å². The fourth-order valence-electron chi connectivity index (χ4n) is 4.50. The van der Waals surface area contributed by atoms with Crippen molar-refractivity contribution < 1.29 is 27.8 Å². The van der Waals surface area contributed by atoms with Gasteiger partial charge in [0.1, 0.15) is 13.2 Å². The van der Waals surface area contributed by atoms with Crippen LogP contribution >= 0.6 is 0 Å². The summed E-state index contributed by atoms with van der Waals surface area (Å²) < 4.78 is 39.0. The number of rotatable bonds is 9. The van der Waals surface area contributed by atoms with E-state index in [-0.39, 0.29) is 74.0 Å². The van der Waals surface area contributed by atoms with E-state index in [0.29, 0.717) is 27.7 Å². The number of fused-ring (bicyclic) bond motifs is 3. The average Bonchev–Trinajstić information content (AvgIpc) is 3.37. The number of nitrogens with one attached hydrogen (secondary N) is 1. The van der Waals surface area contributed by atoms with Crippen LogP contribution in [0, 0.1) is 0 Å². The number of amides is 1. The standard InChI is InChI=1S/C27H27F2N7O4/c1-39-15-19(37)12-22(30)24-34-33-23-20-4-2-3-5-21(20)26(35-36(23)24)40-14-18-7-6-16(13-31-18)25(38)32-17-8-10-27(28,29)11-9-17/h2-7,12-13,17H,8-11,14-15,30H2,1H3,(H,32,38). The van der Waals surface area contributed by atoms with E-state index < -0.39 is 5.92 Å². The summed E-state index contributed by atoms with van der Waals surface area (Å²) in [5.41, 5.74) is 7.47. The molecule has 1 aliphatic rings. The van der Waals surface area contributed by atoms with Gasteiger partial charge in [-0.05, 0) is 31.0 Å². The second-order valence-corrected chi connectivity index (χ2v) is 9.54. The van der Waals surface area contributed by atoms with Gasteiger partial charge in [0.05, 0.1) is 17.0 Å². The maximum absolute atomic E-state index is 13.4. The highest BCUT2D eigenvalue weighted by Crippen LogP contribution is 2.33. The molecular formula is C27H27F2N7O4. The van der Waals surface area contributed by atoms with Gasteiger partial charge >= 0.3 is 0 Å². The van der Waals surface area contributed by atoms with E-state index in [1.165, 1.54) is 23.9 Å². The van der Waals surface area contributed by atoms with E-state index in [0.717, 1.165) is 0 Å². The molecule has 1 amide bonds. The summed E-state index contributed by atoms with van der Waals surface area (Å²) in [7, 11) is 1.41. The lowest BCUT2D eigenvalue weighted by molar-refractivity contribution is -0.117. The lowest BCUT2D eigenvalue weighted by atomic mass is 9.92. The third-order valence-electron chi connectivity index (χ3n) is 6.59. The summed E-state index contributed by atoms with van der Waals surface area (Å²) >= 11 is 0. The number of benzene rings is 1. The van der Waals surface area contributed by atoms with Crippen molar-refractivity contribution in [1.29, 1.82) is 0 Å². The van der Waals surface area contributed by atoms with Crippen LogP contribution in [-0.4, -0.2) is 62.2 Å². The predicted octanol–water partition coefficient (Wildman–Crippen LogP) is 3.07. The number of carbonyl (C=O) groups excluding carboxylic acids is 2. The van der Waals surface area contributed by atoms with E-state index in [4.69, 9.17) is 15.2 Å². The Morgan fingerprint density at radius 3 is 2.60 bits per heavy atom. The zero-order chi connectivity index (χ0) is 28.3. The first kappa shape index (κ1) is 27.1. The Labute approximate surface area is 227 Å². The summed E-state index contributed by atoms with van der Waals surface area (Å²) in [4.78, 5) is 28.8. The van der Waals surface area contributed by atoms with Gasteiger partial charge in [0.2, 0.25) is 17.6 Å². The van der Waals surface area contributed by atoms with Crippen molar-refractivity contribution in [2.24, 2.45) is 5.73 Å². The molecule has 0 radical (unpaired) electrons. The molecule has 40 heavy (non-hydrogen) atoms. The fraction of sp³-hybridized carbons (Fsp3) is 0.333. The third-order valence-corrected chi connectivity index (χ3v) is 6.59. The second-order valence-electron chi connectivity index (χ2n) is 9.54. The number of alkyl halides is 2. The molecular weight excluding hydrogens is 524 g/mol. The molecule has 5 rings (SSSR count). The maximum Gasteiger partial charge on any atom is 0.253 e. The molecule has 0 bridgehead atoms. The Kier molecular flexibility index (Phi) is 7.65. The van der Waals surface area contributed by atoms with Crippen molar-refractivity contribution in [2.45, 2.75) is 44.3 Å². The highest BCUT2D eigenvalue weighted by atomic mass is 19.3. The van der Waals surface area contributed by atoms with Crippen LogP contribution in [0.15, 0.2) is 48.7 Å². The first-order valence-corrected chi connectivity index (χ1v) is 12.6. The maximum atomic E-state index is 13.4. The molecule has 1 fully saturated rings. The van der Waals surface area contributed by atoms with E-state index in [1.807, 2.05) is 24.3 Å². The van der Waals surface area contributed by atoms with Gasteiger partial charge < -0.3 is 20.5 Å². The molecule has 3 heterocycles. The van der Waals surface area contributed by atoms with Crippen LogP contribution in [0.4, 0.5) is 8.78 Å². The van der Waals surface area contributed by atoms with Crippen LogP contribution < -0.4 is 15.8 Å². The number of aromatic nitrogens is 5. The number of ether oxygens (including phenoxy) is 2. The average molecular weight is 552 g/mol. The Hall–Kier alpha value is -4.52. The number of methoxy groups -OCH3 is 1. The van der Waals surface area contributed by atoms with Crippen LogP contribution in [0.3, 0.4) is 0 Å². The number of pyridine rings is 1. The minimum atomic E-state index is -2.66. The van der Waals surface area contributed by atoms with Crippen LogP contribution in [0.5, 0.6) is 5.88 Å². The topological polar surface area (TPSA) is 147 Å². The zero-order valence-corrected chi connectivity index (χ0v) is 21.6. The number of nitrogens with zero attached hydrogens (tertiary/aromatic N) is 5. The minimum Gasteiger partial charge on any atom is -0.470 e. The summed E-state index contributed by atoms with van der Waals surface area (Å²) in [6.07, 6.45) is 2.65. The van der Waals surface area contributed by atoms with Crippen molar-refractivity contribution in [3.8, 4) is 5.88 Å². The SMILES string of the molecule is COCC(=O)C=C(N)c1nnc2c3ccccc3c(OCc3ccc(C(=O)NC4CCC(F)(F)CC4)cn3)nn12. The second kappa shape index (κ2) is 11.3. The molecule has 0 atom stereocenters. The third kappa shape index (κ3) is 5.88. The molecule has 0 saturated heterocycles. The highest BCUT2D eigenvalue weighted by molar-refractivity contribution is 5.98. The van der Waals surface area contributed by atoms with Gasteiger partial charge in [-0.2, -0.15) is 4.52 Å². The molecule has 1 aromatic carbocycles. The Bertz CT molecular complexity index is 1580. The molecule has 13 heteroatoms. The van der Waals surface area contributed by atoms with E-state index >= 15 is 0 Å². The monoisotopic (exact) mass is 551 g/mol. The summed E-state index contributed by atoms with van der Waals surface area (Å²) in [5.74, 6) is -2.92. The fourth-order valence-corrected chi connectivity index (χ4v) is 4.50. The Morgan fingerprint density at radius 2 is 1.90 bits per heavy atom. The number of hydrogen-bond acceptors (Lipinski definition) is 9. The molecule has 0 aliphatic heterocycles. The number of halogens is 2. The predicted molar refractivity (Wildman–Crippen MR) is 141 cm³/mol. The summed E-state index contributed by atoms with van der Waals surface area (Å²) in [6.45, 7) is -0.0910. The van der Waals surface area contributed by atoms with Crippen LogP contribution in [0.2, 0.25) is 0 Å². The zero-order valence-electron chi connectivity index (χ0n) is 21.6. The Morgan fingerprint density at radius 1 is 1.15 bits per heavy atom. The number of nitrogens with two attached hydrogens (primary N) is 1.